The number of hydrogen-bond acceptors (Lipinski definition) is 10. The molecule has 0 unspecified atom stereocenters. The van der Waals surface area contributed by atoms with E-state index >= 15 is 4.39 Å². The first-order valence-electron chi connectivity index (χ1n) is 11.9. The van der Waals surface area contributed by atoms with Gasteiger partial charge in [0.25, 0.3) is 0 Å². The van der Waals surface area contributed by atoms with Gasteiger partial charge in [0.05, 0.1) is 6.33 Å². The van der Waals surface area contributed by atoms with E-state index in [1.54, 1.807) is 20.9 Å². The number of hydrogen-bond donors (Lipinski definition) is 2. The highest BCUT2D eigenvalue weighted by Gasteiger charge is 2.58. The third kappa shape index (κ3) is 5.72. The molecule has 0 radical (unpaired) electrons. The Morgan fingerprint density at radius 1 is 1.22 bits per heavy atom. The Morgan fingerprint density at radius 2 is 1.94 bits per heavy atom. The number of amides is 1. The van der Waals surface area contributed by atoms with Gasteiger partial charge < -0.3 is 19.5 Å². The summed E-state index contributed by atoms with van der Waals surface area (Å²) in [5, 5.41) is 5.47. The Labute approximate surface area is 208 Å². The number of alkyl halides is 1. The number of carbonyl (C=O) groups is 3. The molecule has 36 heavy (non-hydrogen) atoms. The zero-order valence-corrected chi connectivity index (χ0v) is 21.3. The molecule has 0 saturated carbocycles. The van der Waals surface area contributed by atoms with Crippen LogP contribution < -0.4 is 10.6 Å². The first-order valence-corrected chi connectivity index (χ1v) is 11.9. The van der Waals surface area contributed by atoms with Crippen molar-refractivity contribution in [1.29, 1.82) is 0 Å². The van der Waals surface area contributed by atoms with Crippen molar-refractivity contribution in [2.45, 2.75) is 78.0 Å². The summed E-state index contributed by atoms with van der Waals surface area (Å²) in [5.41, 5.74) is -1.74. The number of aromatic nitrogens is 4. The van der Waals surface area contributed by atoms with Crippen LogP contribution in [0.3, 0.4) is 0 Å². The molecular weight excluding hydrogens is 475 g/mol. The Kier molecular flexibility index (Phi) is 8.43. The van der Waals surface area contributed by atoms with E-state index in [1.807, 2.05) is 13.8 Å². The van der Waals surface area contributed by atoms with Gasteiger partial charge in [-0.1, -0.05) is 27.7 Å². The number of nitrogens with one attached hydrogen (secondary N) is 2. The molecular formula is C23H33FN6O6. The van der Waals surface area contributed by atoms with Crippen molar-refractivity contribution in [2.24, 2.45) is 5.92 Å². The first-order chi connectivity index (χ1) is 17.0. The normalized spacial score (nSPS) is 23.6. The van der Waals surface area contributed by atoms with Gasteiger partial charge in [-0.05, 0) is 12.8 Å². The fraction of sp³-hybridized carbons (Fsp3) is 0.652. The summed E-state index contributed by atoms with van der Waals surface area (Å²) in [7, 11) is 1.62. The largest absolute Gasteiger partial charge is 0.463 e. The van der Waals surface area contributed by atoms with E-state index in [-0.39, 0.29) is 49.3 Å². The quantitative estimate of drug-likeness (QED) is 0.459. The maximum absolute atomic E-state index is 16.3. The molecule has 12 nitrogen and oxygen atoms in total. The summed E-state index contributed by atoms with van der Waals surface area (Å²) in [6.07, 6.45) is -2.00. The van der Waals surface area contributed by atoms with Gasteiger partial charge in [0.2, 0.25) is 11.9 Å². The Morgan fingerprint density at radius 3 is 2.56 bits per heavy atom. The molecule has 1 aliphatic rings. The molecule has 0 bridgehead atoms. The average Bonchev–Trinajstić information content (AvgIpc) is 3.34. The molecule has 1 amide bonds. The van der Waals surface area contributed by atoms with E-state index in [0.29, 0.717) is 11.3 Å². The third-order valence-electron chi connectivity index (χ3n) is 5.69. The Bertz CT molecular complexity index is 1120. The van der Waals surface area contributed by atoms with Crippen molar-refractivity contribution >= 4 is 40.8 Å². The molecule has 13 heteroatoms. The minimum Gasteiger partial charge on any atom is -0.463 e. The lowest BCUT2D eigenvalue weighted by Crippen LogP contribution is -2.44. The van der Waals surface area contributed by atoms with E-state index in [4.69, 9.17) is 14.2 Å². The predicted octanol–water partition coefficient (Wildman–Crippen LogP) is 2.75. The van der Waals surface area contributed by atoms with Crippen LogP contribution in [-0.2, 0) is 28.6 Å². The molecule has 0 aliphatic carbocycles. The van der Waals surface area contributed by atoms with Crippen LogP contribution in [0.15, 0.2) is 6.33 Å². The second kappa shape index (κ2) is 11.1. The lowest BCUT2D eigenvalue weighted by molar-refractivity contribution is -0.161. The number of rotatable bonds is 10. The highest BCUT2D eigenvalue weighted by Crippen LogP contribution is 2.44. The van der Waals surface area contributed by atoms with Crippen LogP contribution in [0.2, 0.25) is 0 Å². The minimum absolute atomic E-state index is 0.00661. The highest BCUT2D eigenvalue weighted by atomic mass is 19.1. The van der Waals surface area contributed by atoms with Gasteiger partial charge in [-0.2, -0.15) is 9.97 Å². The number of carbonyl (C=O) groups excluding carboxylic acids is 3. The first kappa shape index (κ1) is 27.2. The standard InChI is InChI=1S/C23H33FN6O6/c1-7-14(31)27-22-28-19(25-6)17-20(29-22)30(11-26-17)21-23(5,24)18(36-15(32)8-2)13(35-21)10-34-16(33)9-12(3)4/h11-13,18,21H,7-10H2,1-6H3,(H2,25,27,28,29,31)/t13-,18-,21-,23-/m1/s1. The van der Waals surface area contributed by atoms with Crippen LogP contribution in [0.5, 0.6) is 0 Å². The fourth-order valence-corrected chi connectivity index (χ4v) is 3.85. The monoisotopic (exact) mass is 508 g/mol. The summed E-state index contributed by atoms with van der Waals surface area (Å²) in [5.74, 6) is -0.982. The number of imidazole rings is 1. The predicted molar refractivity (Wildman–Crippen MR) is 128 cm³/mol. The summed E-state index contributed by atoms with van der Waals surface area (Å²) >= 11 is 0. The van der Waals surface area contributed by atoms with Crippen LogP contribution in [0.1, 0.15) is 60.1 Å². The zero-order chi connectivity index (χ0) is 26.6. The summed E-state index contributed by atoms with van der Waals surface area (Å²) in [4.78, 5) is 49.0. The Hall–Kier alpha value is -3.35. The third-order valence-corrected chi connectivity index (χ3v) is 5.69. The minimum atomic E-state index is -2.24. The molecule has 4 atom stereocenters. The van der Waals surface area contributed by atoms with Crippen molar-refractivity contribution in [2.75, 3.05) is 24.3 Å². The van der Waals surface area contributed by atoms with Crippen molar-refractivity contribution < 1.29 is 33.0 Å². The molecule has 1 saturated heterocycles. The summed E-state index contributed by atoms with van der Waals surface area (Å²) < 4.78 is 34.4. The SMILES string of the molecule is CCC(=O)Nc1nc(NC)c2ncn([C@@H]3O[C@H](COC(=O)CC(C)C)[C@@H](OC(=O)CC)[C@@]3(C)F)c2n1. The smallest absolute Gasteiger partial charge is 0.306 e. The number of fused-ring (bicyclic) bond motifs is 1. The molecule has 2 aromatic rings. The molecule has 2 aromatic heterocycles. The number of anilines is 2. The van der Waals surface area contributed by atoms with Gasteiger partial charge in [-0.25, -0.2) is 9.37 Å². The molecule has 1 aliphatic heterocycles. The molecule has 198 valence electrons. The maximum Gasteiger partial charge on any atom is 0.306 e. The lowest BCUT2D eigenvalue weighted by atomic mass is 9.98. The van der Waals surface area contributed by atoms with Crippen molar-refractivity contribution in [3.63, 3.8) is 0 Å². The molecule has 0 spiro atoms. The van der Waals surface area contributed by atoms with E-state index in [1.165, 1.54) is 17.8 Å². The van der Waals surface area contributed by atoms with Crippen LogP contribution in [0.4, 0.5) is 16.2 Å². The second-order valence-corrected chi connectivity index (χ2v) is 9.09. The lowest BCUT2D eigenvalue weighted by Gasteiger charge is -2.27. The second-order valence-electron chi connectivity index (χ2n) is 9.09. The number of nitrogens with zero attached hydrogens (tertiary/aromatic N) is 4. The van der Waals surface area contributed by atoms with E-state index in [0.717, 1.165) is 0 Å². The van der Waals surface area contributed by atoms with Gasteiger partial charge in [0, 0.05) is 26.3 Å². The van der Waals surface area contributed by atoms with Gasteiger partial charge in [-0.15, -0.1) is 0 Å². The van der Waals surface area contributed by atoms with Crippen LogP contribution in [0.25, 0.3) is 11.2 Å². The van der Waals surface area contributed by atoms with Crippen molar-refractivity contribution in [3.05, 3.63) is 6.33 Å². The van der Waals surface area contributed by atoms with Gasteiger partial charge in [-0.3, -0.25) is 24.3 Å². The fourth-order valence-electron chi connectivity index (χ4n) is 3.85. The number of esters is 2. The van der Waals surface area contributed by atoms with Crippen LogP contribution in [0, 0.1) is 5.92 Å². The van der Waals surface area contributed by atoms with Crippen LogP contribution in [-0.4, -0.2) is 68.9 Å². The van der Waals surface area contributed by atoms with Gasteiger partial charge in [0.15, 0.2) is 35.0 Å². The van der Waals surface area contributed by atoms with Crippen molar-refractivity contribution in [1.82, 2.24) is 19.5 Å². The molecule has 2 N–H and O–H groups in total. The summed E-state index contributed by atoms with van der Waals surface area (Å²) in [6.45, 7) is 7.96. The average molecular weight is 509 g/mol. The topological polar surface area (TPSA) is 147 Å². The van der Waals surface area contributed by atoms with Crippen molar-refractivity contribution in [3.8, 4) is 0 Å². The Balaban J connectivity index is 1.99. The van der Waals surface area contributed by atoms with Crippen LogP contribution >= 0.6 is 0 Å². The molecule has 1 fully saturated rings. The zero-order valence-electron chi connectivity index (χ0n) is 21.3. The summed E-state index contributed by atoms with van der Waals surface area (Å²) in [6, 6.07) is 0. The number of ether oxygens (including phenoxy) is 3. The molecule has 3 heterocycles. The van der Waals surface area contributed by atoms with Gasteiger partial charge >= 0.3 is 11.9 Å². The molecule has 0 aromatic carbocycles. The molecule has 3 rings (SSSR count). The van der Waals surface area contributed by atoms with E-state index in [9.17, 15) is 14.4 Å². The van der Waals surface area contributed by atoms with E-state index < -0.39 is 36.0 Å². The maximum atomic E-state index is 16.3. The number of halogens is 1. The van der Waals surface area contributed by atoms with E-state index in [2.05, 4.69) is 25.6 Å². The van der Waals surface area contributed by atoms with Gasteiger partial charge in [0.1, 0.15) is 12.7 Å². The highest BCUT2D eigenvalue weighted by molar-refractivity contribution is 5.91.